The topological polar surface area (TPSA) is 50.5 Å². The molecular weight excluding hydrogens is 428 g/mol. The van der Waals surface area contributed by atoms with E-state index >= 15 is 0 Å². The highest BCUT2D eigenvalue weighted by Crippen LogP contribution is 2.36. The van der Waals surface area contributed by atoms with Crippen molar-refractivity contribution in [2.75, 3.05) is 4.90 Å². The molecule has 7 heteroatoms. The molecule has 0 unspecified atom stereocenters. The van der Waals surface area contributed by atoms with Crippen LogP contribution in [-0.4, -0.2) is 20.3 Å². The highest BCUT2D eigenvalue weighted by atomic mass is 35.5. The molecule has 31 heavy (non-hydrogen) atoms. The third-order valence-corrected chi connectivity index (χ3v) is 6.79. The molecular formula is C24H19ClN4OS. The van der Waals surface area contributed by atoms with Gasteiger partial charge in [-0.3, -0.25) is 14.1 Å². The van der Waals surface area contributed by atoms with Crippen LogP contribution in [0, 0.1) is 13.8 Å². The van der Waals surface area contributed by atoms with Crippen LogP contribution in [0.4, 0.5) is 5.13 Å². The molecule has 0 radical (unpaired) electrons. The number of benzene rings is 2. The van der Waals surface area contributed by atoms with Gasteiger partial charge in [0, 0.05) is 6.20 Å². The molecule has 0 bridgehead atoms. The van der Waals surface area contributed by atoms with E-state index in [-0.39, 0.29) is 5.91 Å². The number of halogens is 1. The number of hydrogen-bond donors (Lipinski definition) is 0. The van der Waals surface area contributed by atoms with E-state index in [4.69, 9.17) is 16.6 Å². The van der Waals surface area contributed by atoms with Crippen LogP contribution >= 0.6 is 22.9 Å². The molecule has 0 aliphatic carbocycles. The lowest BCUT2D eigenvalue weighted by atomic mass is 10.2. The SMILES string of the molecule is Cc1nc2ccccn2c1C(=O)N(Cc1ccccc1)c1nc2c(C)ccc(Cl)c2s1. The van der Waals surface area contributed by atoms with Crippen molar-refractivity contribution >= 4 is 49.8 Å². The van der Waals surface area contributed by atoms with Gasteiger partial charge in [-0.15, -0.1) is 0 Å². The number of carbonyl (C=O) groups excluding carboxylic acids is 1. The summed E-state index contributed by atoms with van der Waals surface area (Å²) >= 11 is 7.88. The van der Waals surface area contributed by atoms with Crippen LogP contribution in [-0.2, 0) is 6.54 Å². The van der Waals surface area contributed by atoms with Crippen LogP contribution in [0.25, 0.3) is 15.9 Å². The number of aromatic nitrogens is 3. The van der Waals surface area contributed by atoms with Crippen molar-refractivity contribution in [3.05, 3.63) is 94.4 Å². The molecule has 0 saturated heterocycles. The Hall–Kier alpha value is -3.22. The fourth-order valence-electron chi connectivity index (χ4n) is 3.70. The molecule has 0 fully saturated rings. The van der Waals surface area contributed by atoms with Crippen LogP contribution in [0.1, 0.15) is 27.3 Å². The highest BCUT2D eigenvalue weighted by Gasteiger charge is 2.27. The highest BCUT2D eigenvalue weighted by molar-refractivity contribution is 7.23. The average Bonchev–Trinajstić information content (AvgIpc) is 3.37. The number of nitrogens with zero attached hydrogens (tertiary/aromatic N) is 4. The number of fused-ring (bicyclic) bond motifs is 2. The zero-order chi connectivity index (χ0) is 21.5. The van der Waals surface area contributed by atoms with Gasteiger partial charge in [0.15, 0.2) is 5.13 Å². The van der Waals surface area contributed by atoms with Crippen molar-refractivity contribution in [2.24, 2.45) is 0 Å². The molecule has 1 amide bonds. The van der Waals surface area contributed by atoms with Gasteiger partial charge in [-0.1, -0.05) is 65.4 Å². The predicted molar refractivity (Wildman–Crippen MR) is 126 cm³/mol. The van der Waals surface area contributed by atoms with Crippen LogP contribution in [0.2, 0.25) is 5.02 Å². The van der Waals surface area contributed by atoms with E-state index in [1.54, 1.807) is 4.90 Å². The van der Waals surface area contributed by atoms with E-state index in [2.05, 4.69) is 4.98 Å². The number of hydrogen-bond acceptors (Lipinski definition) is 4. The van der Waals surface area contributed by atoms with Gasteiger partial charge in [-0.2, -0.15) is 0 Å². The lowest BCUT2D eigenvalue weighted by molar-refractivity contribution is 0.0979. The van der Waals surface area contributed by atoms with Gasteiger partial charge in [-0.25, -0.2) is 9.97 Å². The van der Waals surface area contributed by atoms with Crippen LogP contribution in [0.3, 0.4) is 0 Å². The van der Waals surface area contributed by atoms with Gasteiger partial charge in [0.25, 0.3) is 5.91 Å². The fourth-order valence-corrected chi connectivity index (χ4v) is 5.01. The van der Waals surface area contributed by atoms with Crippen molar-refractivity contribution in [3.8, 4) is 0 Å². The van der Waals surface area contributed by atoms with Crippen molar-refractivity contribution in [2.45, 2.75) is 20.4 Å². The first-order chi connectivity index (χ1) is 15.0. The molecule has 0 aliphatic heterocycles. The van der Waals surface area contributed by atoms with Gasteiger partial charge >= 0.3 is 0 Å². The summed E-state index contributed by atoms with van der Waals surface area (Å²) < 4.78 is 2.72. The monoisotopic (exact) mass is 446 g/mol. The Morgan fingerprint density at radius 3 is 2.58 bits per heavy atom. The maximum Gasteiger partial charge on any atom is 0.279 e. The zero-order valence-electron chi connectivity index (χ0n) is 17.0. The molecule has 154 valence electrons. The third kappa shape index (κ3) is 3.48. The molecule has 3 aromatic heterocycles. The second-order valence-electron chi connectivity index (χ2n) is 7.39. The van der Waals surface area contributed by atoms with E-state index in [0.29, 0.717) is 28.1 Å². The fraction of sp³-hybridized carbons (Fsp3) is 0.125. The molecule has 2 aromatic carbocycles. The van der Waals surface area contributed by atoms with E-state index in [9.17, 15) is 4.79 Å². The lowest BCUT2D eigenvalue weighted by Gasteiger charge is -2.20. The van der Waals surface area contributed by atoms with Crippen LogP contribution < -0.4 is 4.90 Å². The van der Waals surface area contributed by atoms with Crippen molar-refractivity contribution < 1.29 is 4.79 Å². The largest absolute Gasteiger partial charge is 0.295 e. The molecule has 5 aromatic rings. The standard InChI is InChI=1S/C24H19ClN4OS/c1-15-11-12-18(25)22-20(15)27-24(31-22)29(14-17-8-4-3-5-9-17)23(30)21-16(2)26-19-10-6-7-13-28(19)21/h3-13H,14H2,1-2H3. The summed E-state index contributed by atoms with van der Waals surface area (Å²) in [5.74, 6) is -0.145. The molecule has 5 nitrogen and oxygen atoms in total. The van der Waals surface area contributed by atoms with Crippen molar-refractivity contribution in [1.29, 1.82) is 0 Å². The Bertz CT molecular complexity index is 1390. The summed E-state index contributed by atoms with van der Waals surface area (Å²) in [7, 11) is 0. The van der Waals surface area contributed by atoms with E-state index in [0.717, 1.165) is 27.0 Å². The predicted octanol–water partition coefficient (Wildman–Crippen LogP) is 6.06. The van der Waals surface area contributed by atoms with Crippen molar-refractivity contribution in [3.63, 3.8) is 0 Å². The molecule has 0 saturated carbocycles. The molecule has 0 aliphatic rings. The lowest BCUT2D eigenvalue weighted by Crippen LogP contribution is -2.31. The quantitative estimate of drug-likeness (QED) is 0.337. The van der Waals surface area contributed by atoms with E-state index in [1.165, 1.54) is 11.3 Å². The molecule has 5 rings (SSSR count). The summed E-state index contributed by atoms with van der Waals surface area (Å²) in [6.45, 7) is 4.26. The number of rotatable bonds is 4. The first-order valence-corrected chi connectivity index (χ1v) is 11.1. The minimum atomic E-state index is -0.145. The maximum atomic E-state index is 13.9. The third-order valence-electron chi connectivity index (χ3n) is 5.25. The van der Waals surface area contributed by atoms with Crippen LogP contribution in [0.5, 0.6) is 0 Å². The number of pyridine rings is 1. The van der Waals surface area contributed by atoms with Gasteiger partial charge in [0.05, 0.1) is 27.5 Å². The number of carbonyl (C=O) groups is 1. The Morgan fingerprint density at radius 2 is 1.81 bits per heavy atom. The van der Waals surface area contributed by atoms with Crippen molar-refractivity contribution in [1.82, 2.24) is 14.4 Å². The zero-order valence-corrected chi connectivity index (χ0v) is 18.6. The van der Waals surface area contributed by atoms with Gasteiger partial charge in [-0.05, 0) is 43.2 Å². The number of amides is 1. The smallest absolute Gasteiger partial charge is 0.279 e. The Labute approximate surface area is 188 Å². The summed E-state index contributed by atoms with van der Waals surface area (Å²) in [5, 5.41) is 1.26. The second kappa shape index (κ2) is 7.80. The van der Waals surface area contributed by atoms with Crippen LogP contribution in [0.15, 0.2) is 66.9 Å². The summed E-state index contributed by atoms with van der Waals surface area (Å²) in [6.07, 6.45) is 1.86. The Kier molecular flexibility index (Phi) is 4.96. The second-order valence-corrected chi connectivity index (χ2v) is 8.77. The normalized spacial score (nSPS) is 11.3. The van der Waals surface area contributed by atoms with E-state index < -0.39 is 0 Å². The molecule has 0 N–H and O–H groups in total. The molecule has 3 heterocycles. The van der Waals surface area contributed by atoms with Gasteiger partial charge in [0.2, 0.25) is 0 Å². The summed E-state index contributed by atoms with van der Waals surface area (Å²) in [6, 6.07) is 19.4. The Balaban J connectivity index is 1.67. The minimum Gasteiger partial charge on any atom is -0.295 e. The first-order valence-electron chi connectivity index (χ1n) is 9.88. The first kappa shape index (κ1) is 19.7. The minimum absolute atomic E-state index is 0.145. The summed E-state index contributed by atoms with van der Waals surface area (Å²) in [4.78, 5) is 25.0. The number of aryl methyl sites for hydroxylation is 2. The average molecular weight is 447 g/mol. The Morgan fingerprint density at radius 1 is 1.03 bits per heavy atom. The van der Waals surface area contributed by atoms with E-state index in [1.807, 2.05) is 85.1 Å². The van der Waals surface area contributed by atoms with Gasteiger partial charge < -0.3 is 0 Å². The van der Waals surface area contributed by atoms with Gasteiger partial charge in [0.1, 0.15) is 11.3 Å². The molecule has 0 atom stereocenters. The number of thiazole rings is 1. The maximum absolute atomic E-state index is 13.9. The number of imidazole rings is 1. The molecule has 0 spiro atoms. The number of anilines is 1. The summed E-state index contributed by atoms with van der Waals surface area (Å²) in [5.41, 5.74) is 4.84.